The summed E-state index contributed by atoms with van der Waals surface area (Å²) in [5.74, 6) is 1.48. The minimum absolute atomic E-state index is 0.0425. The molecule has 0 aliphatic carbocycles. The highest BCUT2D eigenvalue weighted by atomic mass is 16.7. The third kappa shape index (κ3) is 4.64. The van der Waals surface area contributed by atoms with Crippen LogP contribution in [0.2, 0.25) is 0 Å². The maximum atomic E-state index is 11.3. The first-order valence-electron chi connectivity index (χ1n) is 8.57. The third-order valence-electron chi connectivity index (χ3n) is 4.33. The van der Waals surface area contributed by atoms with Gasteiger partial charge in [0.2, 0.25) is 0 Å². The second-order valence-corrected chi connectivity index (χ2v) is 6.27. The monoisotopic (exact) mass is 370 g/mol. The second kappa shape index (κ2) is 8.66. The van der Waals surface area contributed by atoms with E-state index in [9.17, 15) is 10.1 Å². The lowest BCUT2D eigenvalue weighted by molar-refractivity contribution is -0.385. The molecule has 0 atom stereocenters. The van der Waals surface area contributed by atoms with Gasteiger partial charge in [-0.05, 0) is 17.7 Å². The van der Waals surface area contributed by atoms with E-state index in [2.05, 4.69) is 11.5 Å². The molecular formula is C20H22N2O5. The molecule has 0 fully saturated rings. The Balaban J connectivity index is 1.85. The van der Waals surface area contributed by atoms with Gasteiger partial charge in [0.05, 0.1) is 18.6 Å². The molecule has 0 spiro atoms. The van der Waals surface area contributed by atoms with Crippen molar-refractivity contribution in [2.75, 3.05) is 20.4 Å². The van der Waals surface area contributed by atoms with Crippen LogP contribution in [-0.4, -0.2) is 30.3 Å². The van der Waals surface area contributed by atoms with Crippen molar-refractivity contribution in [1.82, 2.24) is 4.90 Å². The molecule has 2 aromatic carbocycles. The Labute approximate surface area is 157 Å². The van der Waals surface area contributed by atoms with Crippen molar-refractivity contribution in [1.29, 1.82) is 0 Å². The molecule has 27 heavy (non-hydrogen) atoms. The van der Waals surface area contributed by atoms with E-state index in [4.69, 9.17) is 14.2 Å². The number of nitrogens with zero attached hydrogens (tertiary/aromatic N) is 2. The first kappa shape index (κ1) is 18.9. The summed E-state index contributed by atoms with van der Waals surface area (Å²) in [5, 5.41) is 11.3. The summed E-state index contributed by atoms with van der Waals surface area (Å²) in [4.78, 5) is 13.0. The number of rotatable bonds is 8. The van der Waals surface area contributed by atoms with E-state index < -0.39 is 0 Å². The van der Waals surface area contributed by atoms with E-state index in [1.165, 1.54) is 6.07 Å². The largest absolute Gasteiger partial charge is 0.497 e. The van der Waals surface area contributed by atoms with Crippen LogP contribution in [0.4, 0.5) is 5.69 Å². The van der Waals surface area contributed by atoms with Gasteiger partial charge >= 0.3 is 0 Å². The summed E-state index contributed by atoms with van der Waals surface area (Å²) in [6, 6.07) is 10.9. The number of nitro benzene ring substituents is 1. The molecule has 0 bridgehead atoms. The zero-order valence-electron chi connectivity index (χ0n) is 15.2. The van der Waals surface area contributed by atoms with Crippen molar-refractivity contribution < 1.29 is 19.1 Å². The van der Waals surface area contributed by atoms with E-state index >= 15 is 0 Å². The van der Waals surface area contributed by atoms with Gasteiger partial charge in [0.15, 0.2) is 6.79 Å². The maximum Gasteiger partial charge on any atom is 0.270 e. The number of nitro groups is 1. The van der Waals surface area contributed by atoms with Crippen LogP contribution in [0.25, 0.3) is 0 Å². The van der Waals surface area contributed by atoms with Gasteiger partial charge in [0.25, 0.3) is 5.69 Å². The van der Waals surface area contributed by atoms with Gasteiger partial charge in [-0.2, -0.15) is 0 Å². The standard InChI is InChI=1S/C20H22N2O5/c1-3-8-21(11-15-4-6-19(25-2)7-5-15)12-16-9-18(22(23)24)10-17-13-26-14-27-20(16)17/h3-7,9-10H,1,8,11-14H2,2H3. The summed E-state index contributed by atoms with van der Waals surface area (Å²) in [6.07, 6.45) is 1.82. The lowest BCUT2D eigenvalue weighted by Gasteiger charge is -2.25. The number of methoxy groups -OCH3 is 1. The minimum Gasteiger partial charge on any atom is -0.497 e. The molecule has 0 radical (unpaired) electrons. The van der Waals surface area contributed by atoms with Crippen LogP contribution in [0.5, 0.6) is 11.5 Å². The van der Waals surface area contributed by atoms with Crippen LogP contribution in [0.3, 0.4) is 0 Å². The molecule has 0 saturated heterocycles. The summed E-state index contributed by atoms with van der Waals surface area (Å²) >= 11 is 0. The summed E-state index contributed by atoms with van der Waals surface area (Å²) in [5.41, 5.74) is 2.63. The first-order chi connectivity index (χ1) is 13.1. The van der Waals surface area contributed by atoms with Crippen molar-refractivity contribution in [3.05, 3.63) is 75.9 Å². The van der Waals surface area contributed by atoms with Gasteiger partial charge in [-0.15, -0.1) is 6.58 Å². The number of non-ortho nitro benzene ring substituents is 1. The molecule has 1 heterocycles. The maximum absolute atomic E-state index is 11.3. The number of hydrogen-bond donors (Lipinski definition) is 0. The summed E-state index contributed by atoms with van der Waals surface area (Å²) in [6.45, 7) is 6.09. The highest BCUT2D eigenvalue weighted by Gasteiger charge is 2.22. The van der Waals surface area contributed by atoms with Crippen LogP contribution in [0.1, 0.15) is 16.7 Å². The molecule has 0 saturated carbocycles. The zero-order valence-corrected chi connectivity index (χ0v) is 15.2. The molecule has 0 amide bonds. The van der Waals surface area contributed by atoms with Crippen LogP contribution in [-0.2, 0) is 24.4 Å². The third-order valence-corrected chi connectivity index (χ3v) is 4.33. The van der Waals surface area contributed by atoms with Gasteiger partial charge in [0.1, 0.15) is 11.5 Å². The fourth-order valence-corrected chi connectivity index (χ4v) is 3.10. The Kier molecular flexibility index (Phi) is 6.05. The first-order valence-corrected chi connectivity index (χ1v) is 8.57. The molecule has 1 aliphatic heterocycles. The molecule has 0 aromatic heterocycles. The molecule has 7 nitrogen and oxygen atoms in total. The highest BCUT2D eigenvalue weighted by molar-refractivity contribution is 5.50. The van der Waals surface area contributed by atoms with Crippen molar-refractivity contribution in [2.24, 2.45) is 0 Å². The molecule has 2 aromatic rings. The number of hydrogen-bond acceptors (Lipinski definition) is 6. The average Bonchev–Trinajstić information content (AvgIpc) is 2.68. The lowest BCUT2D eigenvalue weighted by atomic mass is 10.1. The lowest BCUT2D eigenvalue weighted by Crippen LogP contribution is -2.24. The van der Waals surface area contributed by atoms with E-state index in [0.29, 0.717) is 37.6 Å². The van der Waals surface area contributed by atoms with E-state index in [0.717, 1.165) is 16.9 Å². The van der Waals surface area contributed by atoms with Crippen LogP contribution in [0, 0.1) is 10.1 Å². The fraction of sp³-hybridized carbons (Fsp3) is 0.300. The van der Waals surface area contributed by atoms with Gasteiger partial charge in [0, 0.05) is 42.9 Å². The number of fused-ring (bicyclic) bond motifs is 1. The number of benzene rings is 2. The Bertz CT molecular complexity index is 820. The van der Waals surface area contributed by atoms with Gasteiger partial charge in [-0.1, -0.05) is 18.2 Å². The smallest absolute Gasteiger partial charge is 0.270 e. The topological polar surface area (TPSA) is 74.1 Å². The van der Waals surface area contributed by atoms with Crippen molar-refractivity contribution in [3.8, 4) is 11.5 Å². The summed E-state index contributed by atoms with van der Waals surface area (Å²) < 4.78 is 16.1. The van der Waals surface area contributed by atoms with E-state index in [1.807, 2.05) is 30.3 Å². The Morgan fingerprint density at radius 1 is 1.30 bits per heavy atom. The molecule has 0 N–H and O–H groups in total. The number of ether oxygens (including phenoxy) is 3. The molecule has 3 rings (SSSR count). The van der Waals surface area contributed by atoms with Crippen molar-refractivity contribution in [3.63, 3.8) is 0 Å². The van der Waals surface area contributed by atoms with Crippen LogP contribution < -0.4 is 9.47 Å². The quantitative estimate of drug-likeness (QED) is 0.401. The Morgan fingerprint density at radius 3 is 2.74 bits per heavy atom. The zero-order chi connectivity index (χ0) is 19.2. The second-order valence-electron chi connectivity index (χ2n) is 6.27. The van der Waals surface area contributed by atoms with Crippen molar-refractivity contribution in [2.45, 2.75) is 19.7 Å². The summed E-state index contributed by atoms with van der Waals surface area (Å²) in [7, 11) is 1.63. The Hall–Kier alpha value is -2.90. The SMILES string of the molecule is C=CCN(Cc1ccc(OC)cc1)Cc1cc([N+](=O)[O-])cc2c1OCOC2. The molecule has 0 unspecified atom stereocenters. The molecule has 1 aliphatic rings. The highest BCUT2D eigenvalue weighted by Crippen LogP contribution is 2.33. The van der Waals surface area contributed by atoms with Gasteiger partial charge in [-0.3, -0.25) is 15.0 Å². The minimum atomic E-state index is -0.389. The predicted molar refractivity (Wildman–Crippen MR) is 101 cm³/mol. The Morgan fingerprint density at radius 2 is 2.07 bits per heavy atom. The predicted octanol–water partition coefficient (Wildman–Crippen LogP) is 3.66. The van der Waals surface area contributed by atoms with Gasteiger partial charge in [-0.25, -0.2) is 0 Å². The van der Waals surface area contributed by atoms with Gasteiger partial charge < -0.3 is 14.2 Å². The fourth-order valence-electron chi connectivity index (χ4n) is 3.10. The van der Waals surface area contributed by atoms with E-state index in [1.54, 1.807) is 13.2 Å². The normalized spacial score (nSPS) is 13.0. The van der Waals surface area contributed by atoms with E-state index in [-0.39, 0.29) is 17.4 Å². The van der Waals surface area contributed by atoms with Crippen molar-refractivity contribution >= 4 is 5.69 Å². The van der Waals surface area contributed by atoms with Crippen LogP contribution in [0.15, 0.2) is 49.1 Å². The molecule has 7 heteroatoms. The molecule has 142 valence electrons. The molecular weight excluding hydrogens is 348 g/mol. The average molecular weight is 370 g/mol. The van der Waals surface area contributed by atoms with Crippen LogP contribution >= 0.6 is 0 Å².